The van der Waals surface area contributed by atoms with Crippen LogP contribution < -0.4 is 5.32 Å². The van der Waals surface area contributed by atoms with Crippen molar-refractivity contribution < 1.29 is 18.5 Å². The van der Waals surface area contributed by atoms with Gasteiger partial charge in [0.2, 0.25) is 0 Å². The number of esters is 1. The van der Waals surface area contributed by atoms with Crippen LogP contribution in [-0.2, 0) is 26.9 Å². The summed E-state index contributed by atoms with van der Waals surface area (Å²) >= 11 is 5.86. The normalized spacial score (nSPS) is 11.6. The van der Waals surface area contributed by atoms with Crippen molar-refractivity contribution in [3.05, 3.63) is 64.7 Å². The summed E-state index contributed by atoms with van der Waals surface area (Å²) in [4.78, 5) is 24.2. The van der Waals surface area contributed by atoms with Crippen LogP contribution in [0.3, 0.4) is 0 Å². The molecule has 2 aromatic carbocycles. The van der Waals surface area contributed by atoms with Crippen molar-refractivity contribution in [2.24, 2.45) is 0 Å². The van der Waals surface area contributed by atoms with Gasteiger partial charge in [-0.3, -0.25) is 9.00 Å². The highest BCUT2D eigenvalue weighted by Crippen LogP contribution is 2.14. The lowest BCUT2D eigenvalue weighted by Crippen LogP contribution is -2.28. The highest BCUT2D eigenvalue weighted by molar-refractivity contribution is 7.84. The summed E-state index contributed by atoms with van der Waals surface area (Å²) in [5.41, 5.74) is 1.04. The van der Waals surface area contributed by atoms with E-state index in [1.807, 2.05) is 6.07 Å². The van der Waals surface area contributed by atoms with Gasteiger partial charge < -0.3 is 10.1 Å². The lowest BCUT2D eigenvalue weighted by Gasteiger charge is -2.09. The van der Waals surface area contributed by atoms with Gasteiger partial charge in [0.15, 0.2) is 6.61 Å². The Bertz CT molecular complexity index is 779. The van der Waals surface area contributed by atoms with E-state index in [0.29, 0.717) is 9.92 Å². The van der Waals surface area contributed by atoms with Crippen molar-refractivity contribution in [3.8, 4) is 0 Å². The van der Waals surface area contributed by atoms with Crippen LogP contribution >= 0.6 is 11.6 Å². The zero-order chi connectivity index (χ0) is 17.5. The van der Waals surface area contributed by atoms with Crippen molar-refractivity contribution >= 4 is 34.3 Å². The van der Waals surface area contributed by atoms with Crippen LogP contribution in [0.5, 0.6) is 0 Å². The Balaban J connectivity index is 1.88. The lowest BCUT2D eigenvalue weighted by molar-refractivity contribution is -0.124. The first-order chi connectivity index (χ1) is 11.5. The van der Waals surface area contributed by atoms with E-state index in [2.05, 4.69) is 5.32 Å². The molecule has 0 saturated heterocycles. The maximum atomic E-state index is 12.0. The average molecular weight is 366 g/mol. The Labute approximate surface area is 147 Å². The number of nitrogens with one attached hydrogen (secondary N) is 1. The molecule has 0 bridgehead atoms. The van der Waals surface area contributed by atoms with Crippen LogP contribution in [0.4, 0.5) is 0 Å². The average Bonchev–Trinajstić information content (AvgIpc) is 2.58. The summed E-state index contributed by atoms with van der Waals surface area (Å²) in [6, 6.07) is 13.5. The monoisotopic (exact) mass is 365 g/mol. The van der Waals surface area contributed by atoms with Gasteiger partial charge >= 0.3 is 5.97 Å². The molecule has 0 radical (unpaired) electrons. The summed E-state index contributed by atoms with van der Waals surface area (Å²) in [6.45, 7) is -0.128. The molecule has 1 N–H and O–H groups in total. The third kappa shape index (κ3) is 5.18. The summed E-state index contributed by atoms with van der Waals surface area (Å²) < 4.78 is 16.6. The predicted molar refractivity (Wildman–Crippen MR) is 92.4 cm³/mol. The van der Waals surface area contributed by atoms with E-state index in [-0.39, 0.29) is 12.1 Å². The predicted octanol–water partition coefficient (Wildman–Crippen LogP) is 2.55. The van der Waals surface area contributed by atoms with Crippen molar-refractivity contribution in [3.63, 3.8) is 0 Å². The minimum Gasteiger partial charge on any atom is -0.452 e. The Morgan fingerprint density at radius 3 is 2.62 bits per heavy atom. The van der Waals surface area contributed by atoms with E-state index in [4.69, 9.17) is 16.3 Å². The second-order valence-corrected chi connectivity index (χ2v) is 6.72. The fourth-order valence-corrected chi connectivity index (χ4v) is 2.94. The minimum atomic E-state index is -1.32. The molecule has 0 unspecified atom stereocenters. The van der Waals surface area contributed by atoms with Crippen LogP contribution in [0.25, 0.3) is 0 Å². The largest absolute Gasteiger partial charge is 0.452 e. The fourth-order valence-electron chi connectivity index (χ4n) is 1.99. The second-order valence-electron chi connectivity index (χ2n) is 4.93. The van der Waals surface area contributed by atoms with Gasteiger partial charge in [0, 0.05) is 17.8 Å². The van der Waals surface area contributed by atoms with Crippen molar-refractivity contribution in [2.75, 3.05) is 12.9 Å². The van der Waals surface area contributed by atoms with Gasteiger partial charge in [0.1, 0.15) is 0 Å². The van der Waals surface area contributed by atoms with E-state index in [0.717, 1.165) is 5.56 Å². The standard InChI is InChI=1S/C17H16ClNO4S/c1-24(22)15-8-3-2-7-14(15)17(21)23-11-16(20)19-10-12-5-4-6-13(18)9-12/h2-9H,10-11H2,1H3,(H,19,20)/t24-/m0/s1. The van der Waals surface area contributed by atoms with E-state index >= 15 is 0 Å². The number of carbonyl (C=O) groups is 2. The molecule has 5 nitrogen and oxygen atoms in total. The molecule has 2 rings (SSSR count). The van der Waals surface area contributed by atoms with Crippen molar-refractivity contribution in [2.45, 2.75) is 11.4 Å². The second kappa shape index (κ2) is 8.61. The molecule has 0 heterocycles. The first-order valence-corrected chi connectivity index (χ1v) is 9.01. The Morgan fingerprint density at radius 2 is 1.92 bits per heavy atom. The molecule has 0 aromatic heterocycles. The molecule has 7 heteroatoms. The highest BCUT2D eigenvalue weighted by atomic mass is 35.5. The molecule has 0 aliphatic heterocycles. The van der Waals surface area contributed by atoms with Crippen molar-refractivity contribution in [1.82, 2.24) is 5.32 Å². The summed E-state index contributed by atoms with van der Waals surface area (Å²) in [5, 5.41) is 3.22. The van der Waals surface area contributed by atoms with Gasteiger partial charge in [-0.1, -0.05) is 35.9 Å². The van der Waals surface area contributed by atoms with Gasteiger partial charge in [0.05, 0.1) is 21.3 Å². The third-order valence-corrected chi connectivity index (χ3v) is 4.34. The van der Waals surface area contributed by atoms with Gasteiger partial charge in [-0.15, -0.1) is 0 Å². The number of hydrogen-bond acceptors (Lipinski definition) is 4. The number of halogens is 1. The quantitative estimate of drug-likeness (QED) is 0.798. The van der Waals surface area contributed by atoms with Crippen LogP contribution in [0.15, 0.2) is 53.4 Å². The Morgan fingerprint density at radius 1 is 1.17 bits per heavy atom. The summed E-state index contributed by atoms with van der Waals surface area (Å²) in [6.07, 6.45) is 1.48. The first-order valence-electron chi connectivity index (χ1n) is 7.08. The Kier molecular flexibility index (Phi) is 6.52. The lowest BCUT2D eigenvalue weighted by atomic mass is 10.2. The molecule has 2 aromatic rings. The van der Waals surface area contributed by atoms with E-state index < -0.39 is 29.3 Å². The van der Waals surface area contributed by atoms with Gasteiger partial charge in [-0.2, -0.15) is 0 Å². The van der Waals surface area contributed by atoms with Crippen molar-refractivity contribution in [1.29, 1.82) is 0 Å². The van der Waals surface area contributed by atoms with E-state index in [1.54, 1.807) is 36.4 Å². The molecular formula is C17H16ClNO4S. The van der Waals surface area contributed by atoms with E-state index in [9.17, 15) is 13.8 Å². The molecule has 0 saturated carbocycles. The molecule has 0 spiro atoms. The Hall–Kier alpha value is -2.18. The van der Waals surface area contributed by atoms with Crippen LogP contribution in [0, 0.1) is 0 Å². The summed E-state index contributed by atoms with van der Waals surface area (Å²) in [7, 11) is -1.32. The summed E-state index contributed by atoms with van der Waals surface area (Å²) in [5.74, 6) is -1.11. The zero-order valence-electron chi connectivity index (χ0n) is 13.0. The maximum Gasteiger partial charge on any atom is 0.339 e. The molecule has 0 aliphatic rings. The molecule has 0 aliphatic carbocycles. The number of ether oxygens (including phenoxy) is 1. The number of rotatable bonds is 6. The maximum absolute atomic E-state index is 12.0. The van der Waals surface area contributed by atoms with Crippen LogP contribution in [0.1, 0.15) is 15.9 Å². The molecule has 1 amide bonds. The van der Waals surface area contributed by atoms with Crippen LogP contribution in [-0.4, -0.2) is 28.9 Å². The minimum absolute atomic E-state index is 0.195. The van der Waals surface area contributed by atoms with Gasteiger partial charge in [0.25, 0.3) is 5.91 Å². The topological polar surface area (TPSA) is 72.5 Å². The number of benzene rings is 2. The molecule has 24 heavy (non-hydrogen) atoms. The molecule has 126 valence electrons. The SMILES string of the molecule is C[S@](=O)c1ccccc1C(=O)OCC(=O)NCc1cccc(Cl)c1. The molecular weight excluding hydrogens is 350 g/mol. The molecule has 1 atom stereocenters. The van der Waals surface area contributed by atoms with Crippen LogP contribution in [0.2, 0.25) is 5.02 Å². The smallest absolute Gasteiger partial charge is 0.339 e. The van der Waals surface area contributed by atoms with Gasteiger partial charge in [-0.05, 0) is 29.8 Å². The van der Waals surface area contributed by atoms with E-state index in [1.165, 1.54) is 12.3 Å². The fraction of sp³-hybridized carbons (Fsp3) is 0.176. The number of hydrogen-bond donors (Lipinski definition) is 1. The highest BCUT2D eigenvalue weighted by Gasteiger charge is 2.15. The number of carbonyl (C=O) groups excluding carboxylic acids is 2. The third-order valence-electron chi connectivity index (χ3n) is 3.13. The van der Waals surface area contributed by atoms with Gasteiger partial charge in [-0.25, -0.2) is 4.79 Å². The first kappa shape index (κ1) is 18.2. The molecule has 0 fully saturated rings. The zero-order valence-corrected chi connectivity index (χ0v) is 14.5. The number of amides is 1.